The van der Waals surface area contributed by atoms with Crippen molar-refractivity contribution in [2.75, 3.05) is 6.61 Å². The average molecular weight is 164 g/mol. The molecule has 12 heavy (non-hydrogen) atoms. The third-order valence-corrected chi connectivity index (χ3v) is 1.19. The lowest BCUT2D eigenvalue weighted by atomic mass is 10.4. The maximum atomic E-state index is 10.8. The van der Waals surface area contributed by atoms with E-state index in [1.54, 1.807) is 13.0 Å². The third kappa shape index (κ3) is 2.17. The summed E-state index contributed by atoms with van der Waals surface area (Å²) in [6.45, 7) is 1.83. The van der Waals surface area contributed by atoms with E-state index in [-0.39, 0.29) is 6.61 Å². The second kappa shape index (κ2) is 3.63. The monoisotopic (exact) mass is 164 g/mol. The summed E-state index contributed by atoms with van der Waals surface area (Å²) < 4.78 is 9.73. The van der Waals surface area contributed by atoms with Crippen LogP contribution in [0.1, 0.15) is 5.76 Å². The molecule has 0 atom stereocenters. The van der Waals surface area contributed by atoms with Crippen LogP contribution in [0.5, 0.6) is 5.75 Å². The van der Waals surface area contributed by atoms with Crippen molar-refractivity contribution in [3.05, 3.63) is 28.3 Å². The first-order valence-corrected chi connectivity index (χ1v) is 3.40. The van der Waals surface area contributed by atoms with E-state index in [1.165, 1.54) is 6.07 Å². The quantitative estimate of drug-likeness (QED) is 0.611. The minimum atomic E-state index is -0.429. The normalized spacial score (nSPS) is 9.00. The van der Waals surface area contributed by atoms with Gasteiger partial charge in [-0.2, -0.15) is 0 Å². The van der Waals surface area contributed by atoms with Crippen molar-refractivity contribution in [3.63, 3.8) is 0 Å². The number of terminal acetylenes is 1. The molecule has 0 spiro atoms. The fourth-order valence-electron chi connectivity index (χ4n) is 0.784. The highest BCUT2D eigenvalue weighted by atomic mass is 16.5. The highest BCUT2D eigenvalue weighted by molar-refractivity contribution is 5.20. The Labute approximate surface area is 70.0 Å². The Bertz CT molecular complexity index is 357. The average Bonchev–Trinajstić information content (AvgIpc) is 1.99. The van der Waals surface area contributed by atoms with E-state index in [4.69, 9.17) is 15.6 Å². The first kappa shape index (κ1) is 8.41. The minimum absolute atomic E-state index is 0.156. The molecule has 0 radical (unpaired) electrons. The summed E-state index contributed by atoms with van der Waals surface area (Å²) in [5.74, 6) is 3.26. The number of ether oxygens (including phenoxy) is 1. The Morgan fingerprint density at radius 2 is 2.42 bits per heavy atom. The number of aryl methyl sites for hydroxylation is 1. The molecule has 0 fully saturated rings. The van der Waals surface area contributed by atoms with Crippen LogP contribution in [0.4, 0.5) is 0 Å². The Balaban J connectivity index is 2.87. The van der Waals surface area contributed by atoms with E-state index in [9.17, 15) is 4.79 Å². The van der Waals surface area contributed by atoms with Crippen molar-refractivity contribution >= 4 is 0 Å². The van der Waals surface area contributed by atoms with Crippen molar-refractivity contribution in [1.29, 1.82) is 0 Å². The fraction of sp³-hybridized carbons (Fsp3) is 0.222. The molecule has 1 aromatic heterocycles. The summed E-state index contributed by atoms with van der Waals surface area (Å²) in [5.41, 5.74) is -0.429. The van der Waals surface area contributed by atoms with Crippen LogP contribution in [0.15, 0.2) is 21.3 Å². The molecule has 1 aromatic rings. The highest BCUT2D eigenvalue weighted by Gasteiger charge is 1.96. The van der Waals surface area contributed by atoms with E-state index < -0.39 is 5.63 Å². The first-order chi connectivity index (χ1) is 5.72. The van der Waals surface area contributed by atoms with Gasteiger partial charge >= 0.3 is 5.63 Å². The summed E-state index contributed by atoms with van der Waals surface area (Å²) in [5, 5.41) is 0. The molecular weight excluding hydrogens is 156 g/mol. The zero-order chi connectivity index (χ0) is 8.97. The lowest BCUT2D eigenvalue weighted by Crippen LogP contribution is -2.01. The van der Waals surface area contributed by atoms with Gasteiger partial charge in [0.25, 0.3) is 0 Å². The molecule has 1 heterocycles. The number of rotatable bonds is 2. The SMILES string of the molecule is C#CCOc1cc(C)oc(=O)c1. The van der Waals surface area contributed by atoms with Gasteiger partial charge in [-0.25, -0.2) is 4.79 Å². The molecular formula is C9H8O3. The molecule has 0 aliphatic heterocycles. The summed E-state index contributed by atoms with van der Waals surface area (Å²) in [4.78, 5) is 10.8. The van der Waals surface area contributed by atoms with Crippen molar-refractivity contribution < 1.29 is 9.15 Å². The zero-order valence-electron chi connectivity index (χ0n) is 6.66. The van der Waals surface area contributed by atoms with Gasteiger partial charge in [-0.1, -0.05) is 5.92 Å². The second-order valence-corrected chi connectivity index (χ2v) is 2.22. The largest absolute Gasteiger partial charge is 0.481 e. The van der Waals surface area contributed by atoms with Gasteiger partial charge in [0.15, 0.2) is 0 Å². The van der Waals surface area contributed by atoms with Gasteiger partial charge in [-0.15, -0.1) is 6.42 Å². The van der Waals surface area contributed by atoms with Crippen LogP contribution in [0.25, 0.3) is 0 Å². The predicted molar refractivity (Wildman–Crippen MR) is 44.0 cm³/mol. The zero-order valence-corrected chi connectivity index (χ0v) is 6.66. The minimum Gasteiger partial charge on any atom is -0.481 e. The Hall–Kier alpha value is -1.69. The van der Waals surface area contributed by atoms with Crippen LogP contribution in [0.2, 0.25) is 0 Å². The Morgan fingerprint density at radius 3 is 3.00 bits per heavy atom. The van der Waals surface area contributed by atoms with Gasteiger partial charge in [0.2, 0.25) is 0 Å². The van der Waals surface area contributed by atoms with Crippen LogP contribution < -0.4 is 10.4 Å². The molecule has 0 bridgehead atoms. The third-order valence-electron chi connectivity index (χ3n) is 1.19. The summed E-state index contributed by atoms with van der Waals surface area (Å²) in [6.07, 6.45) is 4.98. The molecule has 0 saturated heterocycles. The topological polar surface area (TPSA) is 39.4 Å². The van der Waals surface area contributed by atoms with Crippen LogP contribution >= 0.6 is 0 Å². The predicted octanol–water partition coefficient (Wildman–Crippen LogP) is 0.960. The van der Waals surface area contributed by atoms with Crippen molar-refractivity contribution in [1.82, 2.24) is 0 Å². The molecule has 0 N–H and O–H groups in total. The number of hydrogen-bond acceptors (Lipinski definition) is 3. The molecule has 62 valence electrons. The van der Waals surface area contributed by atoms with Crippen molar-refractivity contribution in [2.45, 2.75) is 6.92 Å². The van der Waals surface area contributed by atoms with Gasteiger partial charge in [0.05, 0.1) is 6.07 Å². The maximum absolute atomic E-state index is 10.8. The molecule has 0 aliphatic rings. The number of hydrogen-bond donors (Lipinski definition) is 0. The van der Waals surface area contributed by atoms with Gasteiger partial charge in [0.1, 0.15) is 18.1 Å². The van der Waals surface area contributed by atoms with Gasteiger partial charge < -0.3 is 9.15 Å². The van der Waals surface area contributed by atoms with E-state index >= 15 is 0 Å². The van der Waals surface area contributed by atoms with Crippen LogP contribution in [-0.4, -0.2) is 6.61 Å². The Morgan fingerprint density at radius 1 is 1.67 bits per heavy atom. The summed E-state index contributed by atoms with van der Waals surface area (Å²) in [7, 11) is 0. The van der Waals surface area contributed by atoms with E-state index in [1.807, 2.05) is 0 Å². The van der Waals surface area contributed by atoms with Crippen LogP contribution in [0.3, 0.4) is 0 Å². The van der Waals surface area contributed by atoms with Crippen molar-refractivity contribution in [3.8, 4) is 18.1 Å². The molecule has 0 aromatic carbocycles. The maximum Gasteiger partial charge on any atom is 0.339 e. The molecule has 3 nitrogen and oxygen atoms in total. The van der Waals surface area contributed by atoms with E-state index in [2.05, 4.69) is 5.92 Å². The smallest absolute Gasteiger partial charge is 0.339 e. The molecule has 0 saturated carbocycles. The molecule has 1 rings (SSSR count). The van der Waals surface area contributed by atoms with Gasteiger partial charge in [0, 0.05) is 6.07 Å². The van der Waals surface area contributed by atoms with E-state index in [0.29, 0.717) is 11.5 Å². The van der Waals surface area contributed by atoms with Crippen LogP contribution in [-0.2, 0) is 0 Å². The lowest BCUT2D eigenvalue weighted by Gasteiger charge is -2.00. The van der Waals surface area contributed by atoms with E-state index in [0.717, 1.165) is 0 Å². The van der Waals surface area contributed by atoms with Crippen molar-refractivity contribution in [2.24, 2.45) is 0 Å². The summed E-state index contributed by atoms with van der Waals surface area (Å²) >= 11 is 0. The van der Waals surface area contributed by atoms with Crippen LogP contribution in [0, 0.1) is 19.3 Å². The lowest BCUT2D eigenvalue weighted by molar-refractivity contribution is 0.359. The van der Waals surface area contributed by atoms with Gasteiger partial charge in [-0.05, 0) is 6.92 Å². The second-order valence-electron chi connectivity index (χ2n) is 2.22. The first-order valence-electron chi connectivity index (χ1n) is 3.40. The summed E-state index contributed by atoms with van der Waals surface area (Å²) in [6, 6.07) is 2.86. The molecule has 0 aliphatic carbocycles. The van der Waals surface area contributed by atoms with Gasteiger partial charge in [-0.3, -0.25) is 0 Å². The fourth-order valence-corrected chi connectivity index (χ4v) is 0.784. The Kier molecular flexibility index (Phi) is 2.54. The standard InChI is InChI=1S/C9H8O3/c1-3-4-11-8-5-7(2)12-9(10)6-8/h1,5-6H,4H2,2H3. The highest BCUT2D eigenvalue weighted by Crippen LogP contribution is 2.08. The molecule has 0 unspecified atom stereocenters. The molecule has 3 heteroatoms. The molecule has 0 amide bonds.